The lowest BCUT2D eigenvalue weighted by Crippen LogP contribution is -2.09. The second-order valence-corrected chi connectivity index (χ2v) is 5.55. The summed E-state index contributed by atoms with van der Waals surface area (Å²) in [4.78, 5) is 4.69. The van der Waals surface area contributed by atoms with Gasteiger partial charge in [-0.05, 0) is 54.6 Å². The van der Waals surface area contributed by atoms with Crippen molar-refractivity contribution in [3.05, 3.63) is 77.1 Å². The Morgan fingerprint density at radius 3 is 2.50 bits per heavy atom. The molecule has 1 aliphatic carbocycles. The molecule has 3 nitrogen and oxygen atoms in total. The summed E-state index contributed by atoms with van der Waals surface area (Å²) in [6.07, 6.45) is 0. The molecule has 4 rings (SSSR count). The van der Waals surface area contributed by atoms with Gasteiger partial charge in [0.05, 0.1) is 27.8 Å². The summed E-state index contributed by atoms with van der Waals surface area (Å²) in [5, 5.41) is 9.08. The van der Waals surface area contributed by atoms with Crippen LogP contribution in [-0.4, -0.2) is 9.55 Å². The van der Waals surface area contributed by atoms with E-state index in [1.807, 2.05) is 60.7 Å². The molecule has 1 heterocycles. The average molecular weight is 306 g/mol. The smallest absolute Gasteiger partial charge is 0.0879 e. The third-order valence-corrected chi connectivity index (χ3v) is 3.92. The van der Waals surface area contributed by atoms with Gasteiger partial charge in [-0.1, -0.05) is 23.7 Å². The predicted molar refractivity (Wildman–Crippen MR) is 88.6 cm³/mol. The molecule has 2 aliphatic rings. The van der Waals surface area contributed by atoms with Gasteiger partial charge in [0, 0.05) is 10.7 Å². The summed E-state index contributed by atoms with van der Waals surface area (Å²) in [7, 11) is 0. The molecule has 0 bridgehead atoms. The summed E-state index contributed by atoms with van der Waals surface area (Å²) in [6, 6.07) is 21.2. The van der Waals surface area contributed by atoms with Gasteiger partial charge in [0.25, 0.3) is 0 Å². The highest BCUT2D eigenvalue weighted by atomic mass is 35.5. The van der Waals surface area contributed by atoms with Crippen LogP contribution in [-0.2, 0) is 0 Å². The summed E-state index contributed by atoms with van der Waals surface area (Å²) in [6.45, 7) is 0. The van der Waals surface area contributed by atoms with Crippen LogP contribution in [0.5, 0.6) is 0 Å². The van der Waals surface area contributed by atoms with E-state index in [0.717, 1.165) is 28.1 Å². The zero-order valence-corrected chi connectivity index (χ0v) is 12.4. The molecule has 0 saturated heterocycles. The summed E-state index contributed by atoms with van der Waals surface area (Å²) < 4.78 is 2.12. The average Bonchev–Trinajstić information content (AvgIpc) is 2.54. The quantitative estimate of drug-likeness (QED) is 0.524. The van der Waals surface area contributed by atoms with Gasteiger partial charge in [0.15, 0.2) is 0 Å². The van der Waals surface area contributed by atoms with Crippen molar-refractivity contribution in [3.63, 3.8) is 0 Å². The lowest BCUT2D eigenvalue weighted by atomic mass is 10.1. The number of halogens is 1. The number of rotatable bonds is 1. The molecular weight excluding hydrogens is 294 g/mol. The van der Waals surface area contributed by atoms with Crippen LogP contribution in [0.25, 0.3) is 28.1 Å². The normalized spacial score (nSPS) is 11.1. The Hall–Kier alpha value is -2.65. The van der Waals surface area contributed by atoms with E-state index < -0.39 is 0 Å². The van der Waals surface area contributed by atoms with E-state index in [0.29, 0.717) is 10.4 Å². The number of aromatic nitrogens is 2. The van der Waals surface area contributed by atoms with E-state index in [9.17, 15) is 0 Å². The minimum absolute atomic E-state index is 0.465. The van der Waals surface area contributed by atoms with Crippen LogP contribution in [0, 0.1) is 5.41 Å². The molecule has 0 spiro atoms. The van der Waals surface area contributed by atoms with Gasteiger partial charge in [-0.3, -0.25) is 0 Å². The molecule has 0 radical (unpaired) electrons. The Morgan fingerprint density at radius 2 is 1.68 bits per heavy atom. The molecule has 0 atom stereocenters. The topological polar surface area (TPSA) is 41.7 Å². The minimum atomic E-state index is 0.465. The minimum Gasteiger partial charge on any atom is -0.306 e. The molecule has 2 aromatic carbocycles. The molecule has 0 amide bonds. The molecule has 0 saturated carbocycles. The second-order valence-electron chi connectivity index (χ2n) is 5.12. The summed E-state index contributed by atoms with van der Waals surface area (Å²) >= 11 is 6.01. The molecular formula is C18H12ClN3. The number of hydrogen-bond donors (Lipinski definition) is 1. The zero-order valence-electron chi connectivity index (χ0n) is 11.6. The van der Waals surface area contributed by atoms with Crippen LogP contribution in [0.3, 0.4) is 0 Å². The van der Waals surface area contributed by atoms with Gasteiger partial charge in [0.2, 0.25) is 0 Å². The summed E-state index contributed by atoms with van der Waals surface area (Å²) in [5.74, 6) is 0. The van der Waals surface area contributed by atoms with Crippen molar-refractivity contribution in [2.24, 2.45) is 0 Å². The van der Waals surface area contributed by atoms with Crippen LogP contribution >= 0.6 is 11.6 Å². The van der Waals surface area contributed by atoms with Crippen molar-refractivity contribution in [2.75, 3.05) is 0 Å². The van der Waals surface area contributed by atoms with Crippen molar-refractivity contribution in [1.82, 2.24) is 9.55 Å². The second kappa shape index (κ2) is 4.97. The Morgan fingerprint density at radius 1 is 0.909 bits per heavy atom. The van der Waals surface area contributed by atoms with E-state index in [2.05, 4.69) is 4.57 Å². The summed E-state index contributed by atoms with van der Waals surface area (Å²) in [5.41, 5.74) is 4.70. The lowest BCUT2D eigenvalue weighted by molar-refractivity contribution is 1.07. The Balaban J connectivity index is 2.19. The van der Waals surface area contributed by atoms with Gasteiger partial charge in [0.1, 0.15) is 0 Å². The van der Waals surface area contributed by atoms with Gasteiger partial charge < -0.3 is 9.98 Å². The molecule has 0 fully saturated rings. The molecule has 1 N–H and O–H groups in total. The highest BCUT2D eigenvalue weighted by molar-refractivity contribution is 6.30. The SMILES string of the molecule is N=c1ccc2nc3ccccc3n(-c3ccc(Cl)cc3)c-2c1. The molecule has 0 aromatic heterocycles. The van der Waals surface area contributed by atoms with Gasteiger partial charge >= 0.3 is 0 Å². The van der Waals surface area contributed by atoms with Crippen molar-refractivity contribution in [3.8, 4) is 17.1 Å². The van der Waals surface area contributed by atoms with Crippen LogP contribution in [0.4, 0.5) is 0 Å². The van der Waals surface area contributed by atoms with Crippen molar-refractivity contribution in [2.45, 2.75) is 0 Å². The third-order valence-electron chi connectivity index (χ3n) is 3.66. The van der Waals surface area contributed by atoms with Gasteiger partial charge in [-0.25, -0.2) is 4.98 Å². The number of nitrogens with one attached hydrogen (secondary N) is 1. The third kappa shape index (κ3) is 2.07. The molecule has 4 heteroatoms. The number of nitrogens with zero attached hydrogens (tertiary/aromatic N) is 2. The lowest BCUT2D eigenvalue weighted by Gasteiger charge is -2.18. The highest BCUT2D eigenvalue weighted by Gasteiger charge is 2.13. The van der Waals surface area contributed by atoms with Crippen molar-refractivity contribution in [1.29, 1.82) is 5.41 Å². The standard InChI is InChI=1S/C18H12ClN3/c19-12-5-8-14(9-6-12)22-17-4-2-1-3-15(17)21-16-10-7-13(20)11-18(16)22/h1-11,20H. The van der Waals surface area contributed by atoms with Crippen LogP contribution in [0.15, 0.2) is 66.7 Å². The molecule has 0 unspecified atom stereocenters. The van der Waals surface area contributed by atoms with Crippen LogP contribution in [0.1, 0.15) is 0 Å². The highest BCUT2D eigenvalue weighted by Crippen LogP contribution is 2.28. The first-order chi connectivity index (χ1) is 10.7. The fraction of sp³-hybridized carbons (Fsp3) is 0. The Kier molecular flexibility index (Phi) is 2.94. The Labute approximate surface area is 132 Å². The van der Waals surface area contributed by atoms with E-state index >= 15 is 0 Å². The van der Waals surface area contributed by atoms with Gasteiger partial charge in [-0.15, -0.1) is 0 Å². The molecule has 22 heavy (non-hydrogen) atoms. The van der Waals surface area contributed by atoms with E-state index in [-0.39, 0.29) is 0 Å². The maximum atomic E-state index is 7.92. The largest absolute Gasteiger partial charge is 0.306 e. The number of hydrogen-bond acceptors (Lipinski definition) is 2. The zero-order chi connectivity index (χ0) is 15.1. The van der Waals surface area contributed by atoms with E-state index in [1.54, 1.807) is 6.07 Å². The van der Waals surface area contributed by atoms with Crippen molar-refractivity contribution < 1.29 is 0 Å². The number of benzene rings is 3. The first-order valence-corrected chi connectivity index (χ1v) is 7.32. The maximum Gasteiger partial charge on any atom is 0.0879 e. The monoisotopic (exact) mass is 305 g/mol. The molecule has 2 aromatic rings. The van der Waals surface area contributed by atoms with Crippen molar-refractivity contribution >= 4 is 22.6 Å². The molecule has 106 valence electrons. The van der Waals surface area contributed by atoms with E-state index in [4.69, 9.17) is 22.0 Å². The fourth-order valence-corrected chi connectivity index (χ4v) is 2.80. The number of fused-ring (bicyclic) bond motifs is 2. The first kappa shape index (κ1) is 13.0. The fourth-order valence-electron chi connectivity index (χ4n) is 2.67. The Bertz CT molecular complexity index is 1000. The first-order valence-electron chi connectivity index (χ1n) is 6.94. The maximum absolute atomic E-state index is 7.92. The van der Waals surface area contributed by atoms with Crippen LogP contribution < -0.4 is 5.36 Å². The number of para-hydroxylation sites is 2. The molecule has 1 aliphatic heterocycles. The van der Waals surface area contributed by atoms with Gasteiger partial charge in [-0.2, -0.15) is 0 Å². The van der Waals surface area contributed by atoms with Crippen LogP contribution in [0.2, 0.25) is 5.02 Å². The predicted octanol–water partition coefficient (Wildman–Crippen LogP) is 4.26. The van der Waals surface area contributed by atoms with E-state index in [1.165, 1.54) is 0 Å².